The van der Waals surface area contributed by atoms with E-state index in [1.54, 1.807) is 18.2 Å². The van der Waals surface area contributed by atoms with E-state index in [2.05, 4.69) is 16.8 Å². The molecule has 2 aromatic carbocycles. The number of piperazine rings is 1. The average Bonchev–Trinajstić information content (AvgIpc) is 3.09. The van der Waals surface area contributed by atoms with E-state index in [0.717, 1.165) is 31.7 Å². The molecule has 0 radical (unpaired) electrons. The molecule has 2 heterocycles. The van der Waals surface area contributed by atoms with E-state index in [1.165, 1.54) is 34.4 Å². The van der Waals surface area contributed by atoms with E-state index in [1.807, 2.05) is 0 Å². The molecule has 0 aliphatic carbocycles. The van der Waals surface area contributed by atoms with E-state index >= 15 is 0 Å². The van der Waals surface area contributed by atoms with Gasteiger partial charge < -0.3 is 4.90 Å². The maximum Gasteiger partial charge on any atom is 0.268 e. The van der Waals surface area contributed by atoms with Gasteiger partial charge in [0.25, 0.3) is 10.0 Å². The van der Waals surface area contributed by atoms with Gasteiger partial charge in [-0.15, -0.1) is 0 Å². The zero-order chi connectivity index (χ0) is 19.9. The van der Waals surface area contributed by atoms with Crippen molar-refractivity contribution < 1.29 is 12.8 Å². The highest BCUT2D eigenvalue weighted by Gasteiger charge is 2.22. The molecule has 28 heavy (non-hydrogen) atoms. The number of nitrogens with zero attached hydrogens (tertiary/aromatic N) is 3. The van der Waals surface area contributed by atoms with Crippen molar-refractivity contribution in [2.24, 2.45) is 0 Å². The summed E-state index contributed by atoms with van der Waals surface area (Å²) in [6.45, 7) is 4.38. The highest BCUT2D eigenvalue weighted by Crippen LogP contribution is 2.27. The van der Waals surface area contributed by atoms with Gasteiger partial charge in [-0.1, -0.05) is 11.6 Å². The minimum absolute atomic E-state index is 0.169. The minimum atomic E-state index is -3.82. The molecule has 1 aliphatic heterocycles. The summed E-state index contributed by atoms with van der Waals surface area (Å²) >= 11 is 6.35. The molecule has 0 amide bonds. The van der Waals surface area contributed by atoms with Crippen LogP contribution < -0.4 is 0 Å². The smallest absolute Gasteiger partial charge is 0.268 e. The highest BCUT2D eigenvalue weighted by atomic mass is 35.5. The van der Waals surface area contributed by atoms with E-state index in [0.29, 0.717) is 22.5 Å². The van der Waals surface area contributed by atoms with Gasteiger partial charge in [0.1, 0.15) is 5.82 Å². The molecule has 8 heteroatoms. The zero-order valence-corrected chi connectivity index (χ0v) is 17.0. The molecule has 4 rings (SSSR count). The molecular formula is C20H21ClFN3O2S. The van der Waals surface area contributed by atoms with Crippen molar-refractivity contribution in [3.63, 3.8) is 0 Å². The minimum Gasteiger partial charge on any atom is -0.304 e. The molecular weight excluding hydrogens is 401 g/mol. The number of rotatable bonds is 4. The Kier molecular flexibility index (Phi) is 5.18. The van der Waals surface area contributed by atoms with Gasteiger partial charge in [0.2, 0.25) is 0 Å². The lowest BCUT2D eigenvalue weighted by Gasteiger charge is -2.32. The Labute approximate surface area is 169 Å². The first kappa shape index (κ1) is 19.4. The van der Waals surface area contributed by atoms with Crippen LogP contribution in [0.4, 0.5) is 4.39 Å². The fourth-order valence-corrected chi connectivity index (χ4v) is 5.07. The first-order chi connectivity index (χ1) is 13.3. The number of halogens is 2. The summed E-state index contributed by atoms with van der Waals surface area (Å²) in [5.74, 6) is -0.399. The second kappa shape index (κ2) is 7.48. The lowest BCUT2D eigenvalue weighted by molar-refractivity contribution is 0.148. The van der Waals surface area contributed by atoms with Gasteiger partial charge in [0, 0.05) is 49.3 Å². The van der Waals surface area contributed by atoms with E-state index in [9.17, 15) is 12.8 Å². The van der Waals surface area contributed by atoms with Crippen LogP contribution in [0.1, 0.15) is 5.56 Å². The quantitative estimate of drug-likeness (QED) is 0.647. The Balaban J connectivity index is 1.68. The Bertz CT molecular complexity index is 1120. The molecule has 0 saturated carbocycles. The average molecular weight is 422 g/mol. The fourth-order valence-electron chi connectivity index (χ4n) is 3.49. The van der Waals surface area contributed by atoms with Crippen LogP contribution in [-0.4, -0.2) is 55.4 Å². The third kappa shape index (κ3) is 3.67. The van der Waals surface area contributed by atoms with Crippen LogP contribution in [0.2, 0.25) is 5.02 Å². The third-order valence-corrected chi connectivity index (χ3v) is 7.24. The predicted molar refractivity (Wildman–Crippen MR) is 109 cm³/mol. The van der Waals surface area contributed by atoms with Gasteiger partial charge in [-0.25, -0.2) is 16.8 Å². The number of hydrogen-bond donors (Lipinski definition) is 0. The highest BCUT2D eigenvalue weighted by molar-refractivity contribution is 7.90. The summed E-state index contributed by atoms with van der Waals surface area (Å²) in [4.78, 5) is 4.70. The molecule has 0 N–H and O–H groups in total. The Morgan fingerprint density at radius 2 is 1.79 bits per heavy atom. The number of likely N-dealkylation sites (N-methyl/N-ethyl adjacent to an activating group) is 1. The van der Waals surface area contributed by atoms with Gasteiger partial charge in [-0.05, 0) is 55.1 Å². The van der Waals surface area contributed by atoms with Crippen molar-refractivity contribution in [3.05, 3.63) is 65.1 Å². The number of benzene rings is 2. The van der Waals surface area contributed by atoms with Gasteiger partial charge in [-0.3, -0.25) is 4.90 Å². The van der Waals surface area contributed by atoms with Crippen molar-refractivity contribution in [3.8, 4) is 0 Å². The summed E-state index contributed by atoms with van der Waals surface area (Å²) in [5.41, 5.74) is 1.23. The zero-order valence-electron chi connectivity index (χ0n) is 15.5. The van der Waals surface area contributed by atoms with Gasteiger partial charge in [0.15, 0.2) is 0 Å². The Hall–Kier alpha value is -1.93. The number of aromatic nitrogens is 1. The summed E-state index contributed by atoms with van der Waals surface area (Å²) in [6, 6.07) is 10.4. The van der Waals surface area contributed by atoms with Crippen LogP contribution in [-0.2, 0) is 16.6 Å². The SMILES string of the molecule is CN1CCN(Cc2cc(S(=O)(=O)n3ccc4cc(F)ccc43)ccc2Cl)CC1. The second-order valence-corrected chi connectivity index (χ2v) is 9.37. The van der Waals surface area contributed by atoms with Gasteiger partial charge in [0.05, 0.1) is 10.4 Å². The van der Waals surface area contributed by atoms with Crippen molar-refractivity contribution in [2.75, 3.05) is 33.2 Å². The molecule has 1 saturated heterocycles. The lowest BCUT2D eigenvalue weighted by atomic mass is 10.2. The van der Waals surface area contributed by atoms with Crippen molar-refractivity contribution >= 4 is 32.5 Å². The van der Waals surface area contributed by atoms with Gasteiger partial charge in [-0.2, -0.15) is 0 Å². The van der Waals surface area contributed by atoms with Crippen LogP contribution in [0, 0.1) is 5.82 Å². The summed E-state index contributed by atoms with van der Waals surface area (Å²) < 4.78 is 41.0. The Morgan fingerprint density at radius 1 is 1.04 bits per heavy atom. The van der Waals surface area contributed by atoms with E-state index in [4.69, 9.17) is 11.6 Å². The molecule has 1 aliphatic rings. The summed E-state index contributed by atoms with van der Waals surface area (Å²) in [5, 5.41) is 1.09. The van der Waals surface area contributed by atoms with Crippen LogP contribution in [0.15, 0.2) is 53.6 Å². The standard InChI is InChI=1S/C20H21ClFN3O2S/c1-23-8-10-24(11-9-23)14-16-13-18(3-4-19(16)21)28(26,27)25-7-6-15-12-17(22)2-5-20(15)25/h2-7,12-13H,8-11,14H2,1H3. The van der Waals surface area contributed by atoms with Gasteiger partial charge >= 0.3 is 0 Å². The van der Waals surface area contributed by atoms with Crippen LogP contribution >= 0.6 is 11.6 Å². The first-order valence-electron chi connectivity index (χ1n) is 9.06. The largest absolute Gasteiger partial charge is 0.304 e. The monoisotopic (exact) mass is 421 g/mol. The lowest BCUT2D eigenvalue weighted by Crippen LogP contribution is -2.43. The molecule has 1 fully saturated rings. The number of hydrogen-bond acceptors (Lipinski definition) is 4. The topological polar surface area (TPSA) is 45.6 Å². The Morgan fingerprint density at radius 3 is 2.54 bits per heavy atom. The maximum atomic E-state index is 13.4. The molecule has 5 nitrogen and oxygen atoms in total. The molecule has 1 aromatic heterocycles. The molecule has 0 bridgehead atoms. The van der Waals surface area contributed by atoms with Crippen molar-refractivity contribution in [1.82, 2.24) is 13.8 Å². The maximum absolute atomic E-state index is 13.4. The molecule has 3 aromatic rings. The second-order valence-electron chi connectivity index (χ2n) is 7.15. The van der Waals surface area contributed by atoms with E-state index in [-0.39, 0.29) is 4.90 Å². The van der Waals surface area contributed by atoms with Crippen molar-refractivity contribution in [2.45, 2.75) is 11.4 Å². The van der Waals surface area contributed by atoms with Crippen molar-refractivity contribution in [1.29, 1.82) is 0 Å². The molecule has 0 unspecified atom stereocenters. The van der Waals surface area contributed by atoms with Crippen LogP contribution in [0.3, 0.4) is 0 Å². The van der Waals surface area contributed by atoms with Crippen LogP contribution in [0.5, 0.6) is 0 Å². The van der Waals surface area contributed by atoms with Crippen LogP contribution in [0.25, 0.3) is 10.9 Å². The predicted octanol–water partition coefficient (Wildman–Crippen LogP) is 3.42. The third-order valence-electron chi connectivity index (χ3n) is 5.18. The molecule has 148 valence electrons. The summed E-state index contributed by atoms with van der Waals surface area (Å²) in [6.07, 6.45) is 1.45. The number of fused-ring (bicyclic) bond motifs is 1. The fraction of sp³-hybridized carbons (Fsp3) is 0.300. The molecule has 0 spiro atoms. The first-order valence-corrected chi connectivity index (χ1v) is 10.9. The normalized spacial score (nSPS) is 16.7. The van der Waals surface area contributed by atoms with E-state index < -0.39 is 15.8 Å². The molecule has 0 atom stereocenters. The summed E-state index contributed by atoms with van der Waals surface area (Å²) in [7, 11) is -1.73.